The van der Waals surface area contributed by atoms with E-state index in [1.807, 2.05) is 13.8 Å². The molecule has 3 nitrogen and oxygen atoms in total. The molecule has 0 heterocycles. The van der Waals surface area contributed by atoms with E-state index < -0.39 is 0 Å². The minimum Gasteiger partial charge on any atom is -0.391 e. The smallest absolute Gasteiger partial charge is 0.0695 e. The van der Waals surface area contributed by atoms with E-state index in [-0.39, 0.29) is 6.10 Å². The van der Waals surface area contributed by atoms with Crippen molar-refractivity contribution in [3.05, 3.63) is 0 Å². The van der Waals surface area contributed by atoms with Crippen LogP contribution in [-0.2, 0) is 4.74 Å². The first kappa shape index (κ1) is 15.9. The predicted octanol–water partition coefficient (Wildman–Crippen LogP) is 2.28. The lowest BCUT2D eigenvalue weighted by atomic mass is 10.1. The number of aliphatic hydroxyl groups is 1. The van der Waals surface area contributed by atoms with Crippen LogP contribution in [0, 0.1) is 0 Å². The van der Waals surface area contributed by atoms with Crippen LogP contribution in [0.3, 0.4) is 0 Å². The monoisotopic (exact) mass is 231 g/mol. The number of nitrogens with zero attached hydrogens (tertiary/aromatic N) is 1. The molecule has 0 spiro atoms. The van der Waals surface area contributed by atoms with Gasteiger partial charge in [-0.3, -0.25) is 4.90 Å². The topological polar surface area (TPSA) is 32.7 Å². The minimum atomic E-state index is -0.113. The summed E-state index contributed by atoms with van der Waals surface area (Å²) in [5.41, 5.74) is 0. The average Bonchev–Trinajstić information content (AvgIpc) is 2.73. The van der Waals surface area contributed by atoms with Crippen LogP contribution in [0.2, 0.25) is 0 Å². The molecule has 0 bridgehead atoms. The lowest BCUT2D eigenvalue weighted by molar-refractivity contribution is 0.0521. The maximum Gasteiger partial charge on any atom is 0.0695 e. The summed E-state index contributed by atoms with van der Waals surface area (Å²) in [4.78, 5) is 2.38. The van der Waals surface area contributed by atoms with Gasteiger partial charge in [0.15, 0.2) is 0 Å². The van der Waals surface area contributed by atoms with Crippen molar-refractivity contribution in [3.8, 4) is 0 Å². The fourth-order valence-corrected chi connectivity index (χ4v) is 2.29. The Morgan fingerprint density at radius 3 is 2.38 bits per heavy atom. The van der Waals surface area contributed by atoms with Gasteiger partial charge >= 0.3 is 0 Å². The average molecular weight is 231 g/mol. The van der Waals surface area contributed by atoms with Gasteiger partial charge in [0, 0.05) is 19.7 Å². The van der Waals surface area contributed by atoms with Crippen LogP contribution in [0.1, 0.15) is 46.5 Å². The second-order valence-electron chi connectivity index (χ2n) is 4.09. The number of rotatable bonds is 6. The van der Waals surface area contributed by atoms with E-state index in [2.05, 4.69) is 11.8 Å². The third-order valence-corrected chi connectivity index (χ3v) is 3.01. The van der Waals surface area contributed by atoms with Gasteiger partial charge in [-0.05, 0) is 32.2 Å². The Labute approximate surface area is 101 Å². The molecule has 1 saturated carbocycles. The van der Waals surface area contributed by atoms with Gasteiger partial charge < -0.3 is 9.84 Å². The van der Waals surface area contributed by atoms with Gasteiger partial charge in [-0.25, -0.2) is 0 Å². The third kappa shape index (κ3) is 5.28. The zero-order chi connectivity index (χ0) is 12.4. The van der Waals surface area contributed by atoms with Crippen molar-refractivity contribution in [2.45, 2.75) is 58.6 Å². The molecule has 1 aliphatic carbocycles. The van der Waals surface area contributed by atoms with Crippen molar-refractivity contribution in [2.24, 2.45) is 0 Å². The Balaban J connectivity index is 0.00000106. The van der Waals surface area contributed by atoms with Gasteiger partial charge in [0.25, 0.3) is 0 Å². The first-order valence-electron chi connectivity index (χ1n) is 6.70. The Kier molecular flexibility index (Phi) is 9.99. The lowest BCUT2D eigenvalue weighted by Gasteiger charge is -2.30. The van der Waals surface area contributed by atoms with Gasteiger partial charge in [0.2, 0.25) is 0 Å². The second-order valence-corrected chi connectivity index (χ2v) is 4.09. The van der Waals surface area contributed by atoms with E-state index in [1.165, 1.54) is 6.42 Å². The van der Waals surface area contributed by atoms with E-state index in [0.717, 1.165) is 39.0 Å². The molecule has 0 aromatic rings. The summed E-state index contributed by atoms with van der Waals surface area (Å²) < 4.78 is 5.09. The minimum absolute atomic E-state index is 0.113. The maximum absolute atomic E-state index is 9.80. The maximum atomic E-state index is 9.80. The third-order valence-electron chi connectivity index (χ3n) is 3.01. The molecule has 16 heavy (non-hydrogen) atoms. The molecule has 98 valence electrons. The second kappa shape index (κ2) is 10.1. The summed E-state index contributed by atoms with van der Waals surface area (Å²) in [5, 5.41) is 9.80. The van der Waals surface area contributed by atoms with Crippen LogP contribution in [0.4, 0.5) is 0 Å². The number of hydrogen-bond donors (Lipinski definition) is 1. The van der Waals surface area contributed by atoms with Crippen LogP contribution in [0.5, 0.6) is 0 Å². The normalized spacial score (nSPS) is 24.4. The molecule has 0 aliphatic heterocycles. The van der Waals surface area contributed by atoms with Crippen molar-refractivity contribution >= 4 is 0 Å². The Morgan fingerprint density at radius 1 is 1.25 bits per heavy atom. The van der Waals surface area contributed by atoms with Crippen LogP contribution in [0.25, 0.3) is 0 Å². The first-order chi connectivity index (χ1) is 7.79. The zero-order valence-corrected chi connectivity index (χ0v) is 11.4. The molecule has 1 aliphatic rings. The van der Waals surface area contributed by atoms with Crippen LogP contribution in [0.15, 0.2) is 0 Å². The van der Waals surface area contributed by atoms with E-state index in [9.17, 15) is 5.11 Å². The lowest BCUT2D eigenvalue weighted by Crippen LogP contribution is -2.42. The molecule has 0 aromatic carbocycles. The van der Waals surface area contributed by atoms with Crippen LogP contribution < -0.4 is 0 Å². The number of aliphatic hydroxyl groups excluding tert-OH is 1. The highest BCUT2D eigenvalue weighted by atomic mass is 16.5. The summed E-state index contributed by atoms with van der Waals surface area (Å²) in [5.74, 6) is 0. The molecule has 3 heteroatoms. The molecule has 0 amide bonds. The van der Waals surface area contributed by atoms with Crippen molar-refractivity contribution in [1.29, 1.82) is 0 Å². The number of ether oxygens (including phenoxy) is 1. The molecule has 1 rings (SSSR count). The SMILES string of the molecule is CC.CCCN(CCOC)C1CCCC1O. The van der Waals surface area contributed by atoms with Gasteiger partial charge in [-0.2, -0.15) is 0 Å². The summed E-state index contributed by atoms with van der Waals surface area (Å²) in [6, 6.07) is 0.380. The number of methoxy groups -OCH3 is 1. The molecule has 1 N–H and O–H groups in total. The molecule has 2 atom stereocenters. The van der Waals surface area contributed by atoms with Crippen LogP contribution in [-0.4, -0.2) is 49.0 Å². The summed E-state index contributed by atoms with van der Waals surface area (Å²) in [7, 11) is 1.73. The quantitative estimate of drug-likeness (QED) is 0.761. The highest BCUT2D eigenvalue weighted by molar-refractivity contribution is 4.84. The summed E-state index contributed by atoms with van der Waals surface area (Å²) in [6.45, 7) is 8.97. The van der Waals surface area contributed by atoms with Crippen molar-refractivity contribution in [2.75, 3.05) is 26.8 Å². The molecular formula is C13H29NO2. The summed E-state index contributed by atoms with van der Waals surface area (Å²) in [6.07, 6.45) is 4.31. The molecule has 2 unspecified atom stereocenters. The highest BCUT2D eigenvalue weighted by Crippen LogP contribution is 2.24. The van der Waals surface area contributed by atoms with Gasteiger partial charge in [-0.15, -0.1) is 0 Å². The van der Waals surface area contributed by atoms with E-state index in [4.69, 9.17) is 4.74 Å². The fourth-order valence-electron chi connectivity index (χ4n) is 2.29. The van der Waals surface area contributed by atoms with Gasteiger partial charge in [-0.1, -0.05) is 20.8 Å². The van der Waals surface area contributed by atoms with Crippen LogP contribution >= 0.6 is 0 Å². The largest absolute Gasteiger partial charge is 0.391 e. The van der Waals surface area contributed by atoms with Gasteiger partial charge in [0.1, 0.15) is 0 Å². The Bertz CT molecular complexity index is 153. The van der Waals surface area contributed by atoms with Crippen molar-refractivity contribution in [3.63, 3.8) is 0 Å². The zero-order valence-electron chi connectivity index (χ0n) is 11.4. The van der Waals surface area contributed by atoms with E-state index in [0.29, 0.717) is 6.04 Å². The molecule has 1 fully saturated rings. The predicted molar refractivity (Wildman–Crippen MR) is 68.7 cm³/mol. The van der Waals surface area contributed by atoms with Gasteiger partial charge in [0.05, 0.1) is 12.7 Å². The Hall–Kier alpha value is -0.120. The summed E-state index contributed by atoms with van der Waals surface area (Å²) >= 11 is 0. The van der Waals surface area contributed by atoms with Crippen molar-refractivity contribution in [1.82, 2.24) is 4.90 Å². The fraction of sp³-hybridized carbons (Fsp3) is 1.00. The Morgan fingerprint density at radius 2 is 1.94 bits per heavy atom. The van der Waals surface area contributed by atoms with E-state index >= 15 is 0 Å². The molecular weight excluding hydrogens is 202 g/mol. The standard InChI is InChI=1S/C11H23NO2.C2H6/c1-3-7-12(8-9-14-2)10-5-4-6-11(10)13;1-2/h10-11,13H,3-9H2,1-2H3;1-2H3. The number of hydrogen-bond acceptors (Lipinski definition) is 3. The molecule has 0 saturated heterocycles. The molecule has 0 radical (unpaired) electrons. The first-order valence-corrected chi connectivity index (χ1v) is 6.70. The van der Waals surface area contributed by atoms with Crippen molar-refractivity contribution < 1.29 is 9.84 Å². The van der Waals surface area contributed by atoms with E-state index in [1.54, 1.807) is 7.11 Å². The molecule has 0 aromatic heterocycles. The highest BCUT2D eigenvalue weighted by Gasteiger charge is 2.29.